The first-order valence-electron chi connectivity index (χ1n) is 8.93. The van der Waals surface area contributed by atoms with E-state index in [4.69, 9.17) is 16.0 Å². The topological polar surface area (TPSA) is 74.8 Å². The maximum absolute atomic E-state index is 12.4. The summed E-state index contributed by atoms with van der Waals surface area (Å²) in [6.07, 6.45) is 1.40. The number of fused-ring (bicyclic) bond motifs is 1. The van der Waals surface area contributed by atoms with E-state index in [2.05, 4.69) is 10.5 Å². The van der Waals surface area contributed by atoms with Crippen LogP contribution in [0.5, 0.6) is 5.75 Å². The van der Waals surface area contributed by atoms with Gasteiger partial charge in [-0.25, -0.2) is 5.43 Å². The van der Waals surface area contributed by atoms with Gasteiger partial charge in [0, 0.05) is 10.6 Å². The Labute approximate surface area is 172 Å². The van der Waals surface area contributed by atoms with Gasteiger partial charge in [-0.1, -0.05) is 48.0 Å². The molecule has 0 atom stereocenters. The fraction of sp³-hybridized carbons (Fsp3) is 0.0435. The average molecular weight is 405 g/mol. The Morgan fingerprint density at radius 3 is 2.59 bits per heavy atom. The molecule has 0 fully saturated rings. The Hall–Kier alpha value is -3.57. The Balaban J connectivity index is 1.48. The number of rotatable bonds is 4. The quantitative estimate of drug-likeness (QED) is 0.347. The van der Waals surface area contributed by atoms with Crippen LogP contribution in [0.2, 0.25) is 5.02 Å². The third kappa shape index (κ3) is 4.00. The fourth-order valence-electron chi connectivity index (χ4n) is 2.95. The van der Waals surface area contributed by atoms with Crippen LogP contribution in [0.4, 0.5) is 0 Å². The highest BCUT2D eigenvalue weighted by molar-refractivity contribution is 6.31. The van der Waals surface area contributed by atoms with E-state index in [1.54, 1.807) is 24.3 Å². The van der Waals surface area contributed by atoms with Crippen molar-refractivity contribution in [1.29, 1.82) is 0 Å². The first-order valence-corrected chi connectivity index (χ1v) is 9.30. The number of carbonyl (C=O) groups is 1. The molecule has 1 heterocycles. The molecular weight excluding hydrogens is 388 g/mol. The molecule has 0 aliphatic carbocycles. The van der Waals surface area contributed by atoms with Crippen LogP contribution in [0.25, 0.3) is 22.1 Å². The molecule has 0 bridgehead atoms. The van der Waals surface area contributed by atoms with Gasteiger partial charge in [-0.15, -0.1) is 0 Å². The summed E-state index contributed by atoms with van der Waals surface area (Å²) >= 11 is 6.16. The van der Waals surface area contributed by atoms with E-state index in [1.165, 1.54) is 6.21 Å². The van der Waals surface area contributed by atoms with E-state index in [0.29, 0.717) is 16.5 Å². The molecule has 5 nitrogen and oxygen atoms in total. The average Bonchev–Trinajstić information content (AvgIpc) is 3.18. The molecule has 0 spiro atoms. The Bertz CT molecular complexity index is 1240. The second kappa shape index (κ2) is 7.81. The summed E-state index contributed by atoms with van der Waals surface area (Å²) in [5, 5.41) is 16.4. The number of nitrogens with zero attached hydrogens (tertiary/aromatic N) is 1. The Morgan fingerprint density at radius 2 is 1.83 bits per heavy atom. The molecule has 4 aromatic rings. The van der Waals surface area contributed by atoms with E-state index >= 15 is 0 Å². The van der Waals surface area contributed by atoms with Crippen LogP contribution in [0.15, 0.2) is 76.2 Å². The van der Waals surface area contributed by atoms with Crippen molar-refractivity contribution in [3.8, 4) is 17.1 Å². The van der Waals surface area contributed by atoms with Crippen LogP contribution in [-0.2, 0) is 0 Å². The van der Waals surface area contributed by atoms with Crippen molar-refractivity contribution < 1.29 is 14.3 Å². The SMILES string of the molecule is Cc1ccc(-c2ccc(/C=N\NC(=O)c3cc4ccccc4cc3O)o2)cc1Cl. The molecule has 0 unspecified atom stereocenters. The van der Waals surface area contributed by atoms with Crippen molar-refractivity contribution in [1.82, 2.24) is 5.43 Å². The molecule has 0 saturated heterocycles. The Morgan fingerprint density at radius 1 is 1.07 bits per heavy atom. The molecular formula is C23H17ClN2O3. The molecule has 2 N–H and O–H groups in total. The van der Waals surface area contributed by atoms with E-state index in [-0.39, 0.29) is 11.3 Å². The highest BCUT2D eigenvalue weighted by Gasteiger charge is 2.12. The van der Waals surface area contributed by atoms with Gasteiger partial charge in [-0.3, -0.25) is 4.79 Å². The number of furan rings is 1. The number of benzene rings is 3. The molecule has 29 heavy (non-hydrogen) atoms. The lowest BCUT2D eigenvalue weighted by Gasteiger charge is -2.05. The number of aryl methyl sites for hydroxylation is 1. The van der Waals surface area contributed by atoms with Gasteiger partial charge in [-0.2, -0.15) is 5.10 Å². The summed E-state index contributed by atoms with van der Waals surface area (Å²) < 4.78 is 5.72. The monoisotopic (exact) mass is 404 g/mol. The van der Waals surface area contributed by atoms with Crippen LogP contribution < -0.4 is 5.43 Å². The standard InChI is InChI=1S/C23H17ClN2O3/c1-14-6-7-17(11-20(14)24)22-9-8-18(29-22)13-25-26-23(28)19-10-15-4-2-3-5-16(15)12-21(19)27/h2-13,27H,1H3,(H,26,28)/b25-13-. The first kappa shape index (κ1) is 18.8. The highest BCUT2D eigenvalue weighted by Crippen LogP contribution is 2.27. The molecule has 0 aliphatic rings. The third-order valence-corrected chi connectivity index (χ3v) is 4.96. The van der Waals surface area contributed by atoms with Crippen molar-refractivity contribution in [3.05, 3.63) is 88.6 Å². The minimum absolute atomic E-state index is 0.104. The minimum atomic E-state index is -0.512. The molecule has 4 rings (SSSR count). The lowest BCUT2D eigenvalue weighted by atomic mass is 10.1. The fourth-order valence-corrected chi connectivity index (χ4v) is 3.13. The molecule has 0 aliphatic heterocycles. The molecule has 6 heteroatoms. The molecule has 1 aromatic heterocycles. The number of phenols is 1. The van der Waals surface area contributed by atoms with Crippen LogP contribution in [0, 0.1) is 6.92 Å². The maximum atomic E-state index is 12.4. The van der Waals surface area contributed by atoms with Gasteiger partial charge < -0.3 is 9.52 Å². The van der Waals surface area contributed by atoms with Gasteiger partial charge in [0.2, 0.25) is 0 Å². The number of amides is 1. The van der Waals surface area contributed by atoms with Gasteiger partial charge in [0.05, 0.1) is 11.8 Å². The zero-order chi connectivity index (χ0) is 20.4. The van der Waals surface area contributed by atoms with E-state index < -0.39 is 5.91 Å². The van der Waals surface area contributed by atoms with Crippen LogP contribution >= 0.6 is 11.6 Å². The highest BCUT2D eigenvalue weighted by atomic mass is 35.5. The van der Waals surface area contributed by atoms with Gasteiger partial charge in [0.25, 0.3) is 5.91 Å². The van der Waals surface area contributed by atoms with Gasteiger partial charge >= 0.3 is 0 Å². The number of aromatic hydroxyl groups is 1. The van der Waals surface area contributed by atoms with Crippen molar-refractivity contribution in [2.75, 3.05) is 0 Å². The van der Waals surface area contributed by atoms with Crippen molar-refractivity contribution >= 4 is 34.5 Å². The second-order valence-corrected chi connectivity index (χ2v) is 6.99. The summed E-state index contributed by atoms with van der Waals surface area (Å²) in [4.78, 5) is 12.4. The number of hydrogen-bond acceptors (Lipinski definition) is 4. The summed E-state index contributed by atoms with van der Waals surface area (Å²) in [6.45, 7) is 1.93. The van der Waals surface area contributed by atoms with Gasteiger partial charge in [0.15, 0.2) is 0 Å². The van der Waals surface area contributed by atoms with E-state index in [9.17, 15) is 9.90 Å². The molecule has 1 amide bonds. The summed E-state index contributed by atoms with van der Waals surface area (Å²) in [5.41, 5.74) is 4.40. The third-order valence-electron chi connectivity index (χ3n) is 4.55. The van der Waals surface area contributed by atoms with Crippen molar-refractivity contribution in [3.63, 3.8) is 0 Å². The zero-order valence-electron chi connectivity index (χ0n) is 15.5. The second-order valence-electron chi connectivity index (χ2n) is 6.58. The van der Waals surface area contributed by atoms with Crippen molar-refractivity contribution in [2.24, 2.45) is 5.10 Å². The first-order chi connectivity index (χ1) is 14.0. The lowest BCUT2D eigenvalue weighted by Crippen LogP contribution is -2.17. The number of hydrazone groups is 1. The van der Waals surface area contributed by atoms with Crippen LogP contribution in [0.3, 0.4) is 0 Å². The molecule has 0 saturated carbocycles. The van der Waals surface area contributed by atoms with Crippen LogP contribution in [0.1, 0.15) is 21.7 Å². The zero-order valence-corrected chi connectivity index (χ0v) is 16.3. The number of hydrogen-bond donors (Lipinski definition) is 2. The van der Waals surface area contributed by atoms with Crippen molar-refractivity contribution in [2.45, 2.75) is 6.92 Å². The molecule has 144 valence electrons. The number of halogens is 1. The van der Waals surface area contributed by atoms with E-state index in [0.717, 1.165) is 21.9 Å². The Kier molecular flexibility index (Phi) is 5.06. The number of carbonyl (C=O) groups excluding carboxylic acids is 1. The molecule has 3 aromatic carbocycles. The smallest absolute Gasteiger partial charge is 0.275 e. The summed E-state index contributed by atoms with van der Waals surface area (Å²) in [5.74, 6) is 0.501. The van der Waals surface area contributed by atoms with Gasteiger partial charge in [0.1, 0.15) is 17.3 Å². The van der Waals surface area contributed by atoms with E-state index in [1.807, 2.05) is 49.4 Å². The normalized spacial score (nSPS) is 11.2. The summed E-state index contributed by atoms with van der Waals surface area (Å²) in [7, 11) is 0. The predicted molar refractivity (Wildman–Crippen MR) is 115 cm³/mol. The number of nitrogens with one attached hydrogen (secondary N) is 1. The van der Waals surface area contributed by atoms with Gasteiger partial charge in [-0.05, 0) is 53.6 Å². The number of phenolic OH excluding ortho intramolecular Hbond substituents is 1. The lowest BCUT2D eigenvalue weighted by molar-refractivity contribution is 0.0952. The summed E-state index contributed by atoms with van der Waals surface area (Å²) in [6, 6.07) is 19.9. The minimum Gasteiger partial charge on any atom is -0.507 e. The largest absolute Gasteiger partial charge is 0.507 e. The van der Waals surface area contributed by atoms with Crippen LogP contribution in [-0.4, -0.2) is 17.2 Å². The molecule has 0 radical (unpaired) electrons. The maximum Gasteiger partial charge on any atom is 0.275 e. The predicted octanol–water partition coefficient (Wildman–Crippen LogP) is 5.53.